The maximum absolute atomic E-state index is 12.5. The van der Waals surface area contributed by atoms with E-state index in [1.807, 2.05) is 13.0 Å². The van der Waals surface area contributed by atoms with E-state index in [4.69, 9.17) is 27.4 Å². The van der Waals surface area contributed by atoms with E-state index >= 15 is 0 Å². The molecule has 1 aliphatic heterocycles. The minimum Gasteiger partial charge on any atom is -0.496 e. The van der Waals surface area contributed by atoms with Crippen LogP contribution in [0.25, 0.3) is 0 Å². The van der Waals surface area contributed by atoms with E-state index in [1.54, 1.807) is 24.1 Å². The molecule has 1 aromatic carbocycles. The Kier molecular flexibility index (Phi) is 4.57. The minimum absolute atomic E-state index is 0.0622. The van der Waals surface area contributed by atoms with E-state index in [-0.39, 0.29) is 17.0 Å². The number of nitrogens with two attached hydrogens (primary N) is 1. The van der Waals surface area contributed by atoms with Crippen LogP contribution in [0.5, 0.6) is 5.75 Å². The Labute approximate surface area is 123 Å². The molecule has 0 spiro atoms. The van der Waals surface area contributed by atoms with Crippen LogP contribution in [0.2, 0.25) is 0 Å². The molecule has 0 radical (unpaired) electrons. The second-order valence-corrected chi connectivity index (χ2v) is 5.17. The largest absolute Gasteiger partial charge is 0.496 e. The zero-order valence-electron chi connectivity index (χ0n) is 11.6. The van der Waals surface area contributed by atoms with Crippen LogP contribution in [0.3, 0.4) is 0 Å². The maximum Gasteiger partial charge on any atom is 0.254 e. The second-order valence-electron chi connectivity index (χ2n) is 4.70. The molecule has 1 fully saturated rings. The highest BCUT2D eigenvalue weighted by molar-refractivity contribution is 7.80. The molecule has 1 unspecified atom stereocenters. The van der Waals surface area contributed by atoms with Crippen molar-refractivity contribution in [1.29, 1.82) is 0 Å². The summed E-state index contributed by atoms with van der Waals surface area (Å²) in [5.74, 6) is 0.642. The number of amides is 1. The Balaban J connectivity index is 2.16. The molecule has 0 aromatic heterocycles. The first-order chi connectivity index (χ1) is 9.52. The highest BCUT2D eigenvalue weighted by atomic mass is 32.1. The third kappa shape index (κ3) is 3.08. The Hall–Kier alpha value is -1.66. The Bertz CT molecular complexity index is 533. The number of hydrogen-bond donors (Lipinski definition) is 1. The molecule has 5 nitrogen and oxygen atoms in total. The molecule has 1 saturated heterocycles. The number of morpholine rings is 1. The molecule has 0 aliphatic carbocycles. The minimum atomic E-state index is -0.366. The standard InChI is InChI=1S/C14H18N2O3S/c1-9-3-4-10(7-11(9)18-2)14(17)16-5-6-19-12(8-16)13(15)20/h3-4,7,12H,5-6,8H2,1-2H3,(H2,15,20). The van der Waals surface area contributed by atoms with Gasteiger partial charge in [-0.25, -0.2) is 0 Å². The van der Waals surface area contributed by atoms with Crippen molar-refractivity contribution in [3.63, 3.8) is 0 Å². The first kappa shape index (κ1) is 14.7. The SMILES string of the molecule is COc1cc(C(=O)N2CCOC(C(N)=S)C2)ccc1C. The number of carbonyl (C=O) groups is 1. The van der Waals surface area contributed by atoms with Crippen LogP contribution < -0.4 is 10.5 Å². The lowest BCUT2D eigenvalue weighted by atomic mass is 10.1. The van der Waals surface area contributed by atoms with Crippen molar-refractivity contribution < 1.29 is 14.3 Å². The summed E-state index contributed by atoms with van der Waals surface area (Å²) in [5.41, 5.74) is 7.17. The number of thiocarbonyl (C=S) groups is 1. The summed E-state index contributed by atoms with van der Waals surface area (Å²) in [6, 6.07) is 5.42. The molecule has 1 heterocycles. The fourth-order valence-electron chi connectivity index (χ4n) is 2.14. The number of rotatable bonds is 3. The zero-order valence-corrected chi connectivity index (χ0v) is 12.4. The van der Waals surface area contributed by atoms with Crippen LogP contribution in [-0.2, 0) is 4.74 Å². The Morgan fingerprint density at radius 2 is 2.30 bits per heavy atom. The van der Waals surface area contributed by atoms with Crippen molar-refractivity contribution in [2.24, 2.45) is 5.73 Å². The van der Waals surface area contributed by atoms with Gasteiger partial charge in [0.15, 0.2) is 0 Å². The highest BCUT2D eigenvalue weighted by Crippen LogP contribution is 2.20. The van der Waals surface area contributed by atoms with Crippen LogP contribution >= 0.6 is 12.2 Å². The predicted molar refractivity (Wildman–Crippen MR) is 80.2 cm³/mol. The lowest BCUT2D eigenvalue weighted by Gasteiger charge is -2.32. The zero-order chi connectivity index (χ0) is 14.7. The van der Waals surface area contributed by atoms with E-state index in [2.05, 4.69) is 0 Å². The van der Waals surface area contributed by atoms with Crippen molar-refractivity contribution in [3.8, 4) is 5.75 Å². The monoisotopic (exact) mass is 294 g/mol. The van der Waals surface area contributed by atoms with Crippen LogP contribution in [0.15, 0.2) is 18.2 Å². The third-order valence-corrected chi connectivity index (χ3v) is 3.59. The van der Waals surface area contributed by atoms with Gasteiger partial charge in [-0.1, -0.05) is 18.3 Å². The lowest BCUT2D eigenvalue weighted by molar-refractivity contribution is 0.00877. The summed E-state index contributed by atoms with van der Waals surface area (Å²) in [7, 11) is 1.59. The Morgan fingerprint density at radius 3 is 2.95 bits per heavy atom. The molecule has 2 N–H and O–H groups in total. The fraction of sp³-hybridized carbons (Fsp3) is 0.429. The summed E-state index contributed by atoms with van der Waals surface area (Å²) in [4.78, 5) is 14.5. The average molecular weight is 294 g/mol. The highest BCUT2D eigenvalue weighted by Gasteiger charge is 2.26. The van der Waals surface area contributed by atoms with E-state index in [9.17, 15) is 4.79 Å². The van der Waals surface area contributed by atoms with Gasteiger partial charge in [0.2, 0.25) is 0 Å². The van der Waals surface area contributed by atoms with Crippen molar-refractivity contribution >= 4 is 23.1 Å². The lowest BCUT2D eigenvalue weighted by Crippen LogP contribution is -2.49. The molecule has 0 saturated carbocycles. The molecular formula is C14H18N2O3S. The number of carbonyl (C=O) groups excluding carboxylic acids is 1. The molecule has 1 aromatic rings. The number of ether oxygens (including phenoxy) is 2. The van der Waals surface area contributed by atoms with Gasteiger partial charge in [0.05, 0.1) is 20.3 Å². The van der Waals surface area contributed by atoms with Crippen LogP contribution in [0.4, 0.5) is 0 Å². The van der Waals surface area contributed by atoms with Crippen molar-refractivity contribution in [2.75, 3.05) is 26.8 Å². The van der Waals surface area contributed by atoms with Gasteiger partial charge in [-0.2, -0.15) is 0 Å². The summed E-state index contributed by atoms with van der Waals surface area (Å²) in [5, 5.41) is 0. The van der Waals surface area contributed by atoms with Gasteiger partial charge in [-0.05, 0) is 24.6 Å². The molecular weight excluding hydrogens is 276 g/mol. The summed E-state index contributed by atoms with van der Waals surface area (Å²) in [6.45, 7) is 3.31. The van der Waals surface area contributed by atoms with E-state index in [1.165, 1.54) is 0 Å². The first-order valence-corrected chi connectivity index (χ1v) is 6.78. The van der Waals surface area contributed by atoms with E-state index < -0.39 is 0 Å². The van der Waals surface area contributed by atoms with Crippen LogP contribution in [0, 0.1) is 6.92 Å². The quantitative estimate of drug-likeness (QED) is 0.847. The molecule has 6 heteroatoms. The predicted octanol–water partition coefficient (Wildman–Crippen LogP) is 1.13. The number of aryl methyl sites for hydroxylation is 1. The number of benzene rings is 1. The number of methoxy groups -OCH3 is 1. The normalized spacial score (nSPS) is 18.7. The maximum atomic E-state index is 12.5. The van der Waals surface area contributed by atoms with Gasteiger partial charge >= 0.3 is 0 Å². The van der Waals surface area contributed by atoms with E-state index in [0.29, 0.717) is 31.0 Å². The van der Waals surface area contributed by atoms with Gasteiger partial charge in [0, 0.05) is 12.1 Å². The van der Waals surface area contributed by atoms with Crippen molar-refractivity contribution in [1.82, 2.24) is 4.90 Å². The molecule has 1 aliphatic rings. The van der Waals surface area contributed by atoms with Crippen molar-refractivity contribution in [3.05, 3.63) is 29.3 Å². The number of nitrogens with zero attached hydrogens (tertiary/aromatic N) is 1. The van der Waals surface area contributed by atoms with Gasteiger partial charge in [0.25, 0.3) is 5.91 Å². The van der Waals surface area contributed by atoms with Crippen LogP contribution in [-0.4, -0.2) is 48.7 Å². The topological polar surface area (TPSA) is 64.8 Å². The molecule has 1 amide bonds. The Morgan fingerprint density at radius 1 is 1.55 bits per heavy atom. The van der Waals surface area contributed by atoms with E-state index in [0.717, 1.165) is 5.56 Å². The third-order valence-electron chi connectivity index (χ3n) is 3.33. The van der Waals surface area contributed by atoms with Gasteiger partial charge in [-0.3, -0.25) is 4.79 Å². The molecule has 20 heavy (non-hydrogen) atoms. The molecule has 108 valence electrons. The van der Waals surface area contributed by atoms with Crippen LogP contribution in [0.1, 0.15) is 15.9 Å². The van der Waals surface area contributed by atoms with Gasteiger partial charge in [0.1, 0.15) is 16.8 Å². The second kappa shape index (κ2) is 6.19. The van der Waals surface area contributed by atoms with Gasteiger partial charge in [-0.15, -0.1) is 0 Å². The molecule has 0 bridgehead atoms. The smallest absolute Gasteiger partial charge is 0.254 e. The molecule has 2 rings (SSSR count). The fourth-order valence-corrected chi connectivity index (χ4v) is 2.28. The number of hydrogen-bond acceptors (Lipinski definition) is 4. The van der Waals surface area contributed by atoms with Crippen molar-refractivity contribution in [2.45, 2.75) is 13.0 Å². The summed E-state index contributed by atoms with van der Waals surface area (Å²) in [6.07, 6.45) is -0.366. The summed E-state index contributed by atoms with van der Waals surface area (Å²) < 4.78 is 10.7. The average Bonchev–Trinajstić information content (AvgIpc) is 2.47. The molecule has 1 atom stereocenters. The summed E-state index contributed by atoms with van der Waals surface area (Å²) >= 11 is 4.92. The van der Waals surface area contributed by atoms with Gasteiger partial charge < -0.3 is 20.1 Å². The first-order valence-electron chi connectivity index (χ1n) is 6.37.